The molecule has 0 atom stereocenters. The van der Waals surface area contributed by atoms with E-state index in [1.165, 1.54) is 0 Å². The summed E-state index contributed by atoms with van der Waals surface area (Å²) in [5, 5.41) is 9.28. The Balaban J connectivity index is 2.27. The first-order valence-corrected chi connectivity index (χ1v) is 5.57. The lowest BCUT2D eigenvalue weighted by atomic mass is 9.90. The summed E-state index contributed by atoms with van der Waals surface area (Å²) in [6.45, 7) is 4.45. The lowest BCUT2D eigenvalue weighted by Crippen LogP contribution is -2.10. The standard InChI is InChI=1S/C12H15ClN2O/c1-12(2,9-14)6-3-7-16-10-4-5-11(13)15-8-10/h4-5,8H,3,6-7H2,1-2H3. The molecule has 0 fully saturated rings. The molecule has 3 nitrogen and oxygen atoms in total. The summed E-state index contributed by atoms with van der Waals surface area (Å²) in [6, 6.07) is 5.74. The minimum Gasteiger partial charge on any atom is -0.492 e. The van der Waals surface area contributed by atoms with Gasteiger partial charge in [-0.25, -0.2) is 4.98 Å². The van der Waals surface area contributed by atoms with Gasteiger partial charge in [0.05, 0.1) is 24.3 Å². The van der Waals surface area contributed by atoms with Crippen molar-refractivity contribution in [2.45, 2.75) is 26.7 Å². The smallest absolute Gasteiger partial charge is 0.137 e. The highest BCUT2D eigenvalue weighted by Gasteiger charge is 2.15. The summed E-state index contributed by atoms with van der Waals surface area (Å²) in [7, 11) is 0. The number of hydrogen-bond donors (Lipinski definition) is 0. The molecule has 86 valence electrons. The first-order valence-electron chi connectivity index (χ1n) is 5.19. The Labute approximate surface area is 101 Å². The van der Waals surface area contributed by atoms with E-state index < -0.39 is 0 Å². The maximum Gasteiger partial charge on any atom is 0.137 e. The third kappa shape index (κ3) is 4.50. The van der Waals surface area contributed by atoms with E-state index >= 15 is 0 Å². The molecule has 0 aliphatic rings. The molecule has 0 N–H and O–H groups in total. The van der Waals surface area contributed by atoms with E-state index in [1.807, 2.05) is 13.8 Å². The Bertz CT molecular complexity index is 368. The number of ether oxygens (including phenoxy) is 1. The molecule has 16 heavy (non-hydrogen) atoms. The molecule has 0 aliphatic carbocycles. The fraction of sp³-hybridized carbons (Fsp3) is 0.500. The quantitative estimate of drug-likeness (QED) is 0.583. The van der Waals surface area contributed by atoms with Gasteiger partial charge in [-0.2, -0.15) is 5.26 Å². The van der Waals surface area contributed by atoms with Crippen LogP contribution in [-0.2, 0) is 0 Å². The van der Waals surface area contributed by atoms with Gasteiger partial charge in [-0.15, -0.1) is 0 Å². The van der Waals surface area contributed by atoms with Gasteiger partial charge < -0.3 is 4.74 Å². The highest BCUT2D eigenvalue weighted by atomic mass is 35.5. The van der Waals surface area contributed by atoms with Gasteiger partial charge in [0.2, 0.25) is 0 Å². The molecule has 4 heteroatoms. The number of nitrogens with zero attached hydrogens (tertiary/aromatic N) is 2. The van der Waals surface area contributed by atoms with Gasteiger partial charge in [0.15, 0.2) is 0 Å². The van der Waals surface area contributed by atoms with E-state index in [0.29, 0.717) is 17.5 Å². The summed E-state index contributed by atoms with van der Waals surface area (Å²) < 4.78 is 5.47. The average Bonchev–Trinajstić information content (AvgIpc) is 2.27. The van der Waals surface area contributed by atoms with Crippen LogP contribution in [0.3, 0.4) is 0 Å². The van der Waals surface area contributed by atoms with Crippen molar-refractivity contribution in [1.29, 1.82) is 5.26 Å². The summed E-state index contributed by atoms with van der Waals surface area (Å²) in [6.07, 6.45) is 3.27. The zero-order valence-corrected chi connectivity index (χ0v) is 10.3. The van der Waals surface area contributed by atoms with Gasteiger partial charge in [0.25, 0.3) is 0 Å². The molecule has 1 aromatic heterocycles. The maximum absolute atomic E-state index is 8.83. The van der Waals surface area contributed by atoms with Crippen LogP contribution in [0, 0.1) is 16.7 Å². The predicted octanol–water partition coefficient (Wildman–Crippen LogP) is 3.44. The molecule has 0 saturated heterocycles. The van der Waals surface area contributed by atoms with Crippen molar-refractivity contribution in [2.75, 3.05) is 6.61 Å². The monoisotopic (exact) mass is 238 g/mol. The van der Waals surface area contributed by atoms with E-state index in [0.717, 1.165) is 12.8 Å². The lowest BCUT2D eigenvalue weighted by Gasteiger charge is -2.14. The summed E-state index contributed by atoms with van der Waals surface area (Å²) >= 11 is 5.65. The highest BCUT2D eigenvalue weighted by Crippen LogP contribution is 2.21. The minimum atomic E-state index is -0.276. The zero-order chi connectivity index (χ0) is 12.0. The minimum absolute atomic E-state index is 0.276. The largest absolute Gasteiger partial charge is 0.492 e. The van der Waals surface area contributed by atoms with Crippen molar-refractivity contribution < 1.29 is 4.74 Å². The molecule has 0 spiro atoms. The van der Waals surface area contributed by atoms with E-state index in [9.17, 15) is 0 Å². The van der Waals surface area contributed by atoms with Crippen LogP contribution in [0.5, 0.6) is 5.75 Å². The molecule has 0 unspecified atom stereocenters. The molecule has 1 rings (SSSR count). The van der Waals surface area contributed by atoms with Gasteiger partial charge in [-0.1, -0.05) is 11.6 Å². The predicted molar refractivity (Wildman–Crippen MR) is 63.4 cm³/mol. The Kier molecular flexibility index (Phi) is 4.57. The first-order chi connectivity index (χ1) is 7.53. The molecule has 0 amide bonds. The Morgan fingerprint density at radius 1 is 1.50 bits per heavy atom. The molecular formula is C12H15ClN2O. The van der Waals surface area contributed by atoms with Crippen molar-refractivity contribution in [3.63, 3.8) is 0 Å². The fourth-order valence-corrected chi connectivity index (χ4v) is 1.32. The van der Waals surface area contributed by atoms with Crippen LogP contribution in [0.15, 0.2) is 18.3 Å². The maximum atomic E-state index is 8.83. The summed E-state index contributed by atoms with van der Waals surface area (Å²) in [4.78, 5) is 3.91. The van der Waals surface area contributed by atoms with Crippen LogP contribution in [0.25, 0.3) is 0 Å². The third-order valence-electron chi connectivity index (χ3n) is 2.22. The van der Waals surface area contributed by atoms with Gasteiger partial charge >= 0.3 is 0 Å². The van der Waals surface area contributed by atoms with Crippen molar-refractivity contribution in [3.05, 3.63) is 23.5 Å². The highest BCUT2D eigenvalue weighted by molar-refractivity contribution is 6.29. The average molecular weight is 239 g/mol. The Morgan fingerprint density at radius 3 is 2.81 bits per heavy atom. The van der Waals surface area contributed by atoms with Crippen LogP contribution >= 0.6 is 11.6 Å². The lowest BCUT2D eigenvalue weighted by molar-refractivity contribution is 0.283. The van der Waals surface area contributed by atoms with Crippen LogP contribution in [0.1, 0.15) is 26.7 Å². The van der Waals surface area contributed by atoms with E-state index in [-0.39, 0.29) is 5.41 Å². The number of hydrogen-bond acceptors (Lipinski definition) is 3. The first kappa shape index (κ1) is 12.8. The second-order valence-corrected chi connectivity index (χ2v) is 4.65. The number of nitriles is 1. The second kappa shape index (κ2) is 5.72. The third-order valence-corrected chi connectivity index (χ3v) is 2.44. The Hall–Kier alpha value is -1.27. The van der Waals surface area contributed by atoms with Crippen LogP contribution in [-0.4, -0.2) is 11.6 Å². The molecule has 0 saturated carbocycles. The van der Waals surface area contributed by atoms with E-state index in [2.05, 4.69) is 11.1 Å². The molecule has 1 aromatic rings. The number of rotatable bonds is 5. The zero-order valence-electron chi connectivity index (χ0n) is 9.53. The normalized spacial score (nSPS) is 10.9. The number of halogens is 1. The molecule has 0 radical (unpaired) electrons. The molecule has 0 bridgehead atoms. The number of aromatic nitrogens is 1. The molecular weight excluding hydrogens is 224 g/mol. The fourth-order valence-electron chi connectivity index (χ4n) is 1.21. The van der Waals surface area contributed by atoms with Crippen molar-refractivity contribution in [2.24, 2.45) is 5.41 Å². The van der Waals surface area contributed by atoms with Crippen molar-refractivity contribution >= 4 is 11.6 Å². The van der Waals surface area contributed by atoms with Crippen LogP contribution in [0.2, 0.25) is 5.15 Å². The molecule has 1 heterocycles. The molecule has 0 aliphatic heterocycles. The van der Waals surface area contributed by atoms with Gasteiger partial charge in [0, 0.05) is 0 Å². The van der Waals surface area contributed by atoms with Gasteiger partial charge in [0.1, 0.15) is 10.9 Å². The number of pyridine rings is 1. The summed E-state index contributed by atoms with van der Waals surface area (Å²) in [5.41, 5.74) is -0.276. The van der Waals surface area contributed by atoms with Crippen molar-refractivity contribution in [1.82, 2.24) is 4.98 Å². The van der Waals surface area contributed by atoms with Crippen LogP contribution in [0.4, 0.5) is 0 Å². The topological polar surface area (TPSA) is 45.9 Å². The van der Waals surface area contributed by atoms with Gasteiger partial charge in [-0.05, 0) is 38.8 Å². The van der Waals surface area contributed by atoms with Crippen LogP contribution < -0.4 is 4.74 Å². The second-order valence-electron chi connectivity index (χ2n) is 4.26. The molecule has 0 aromatic carbocycles. The van der Waals surface area contributed by atoms with E-state index in [4.69, 9.17) is 21.6 Å². The Morgan fingerprint density at radius 2 is 2.25 bits per heavy atom. The van der Waals surface area contributed by atoms with E-state index in [1.54, 1.807) is 18.3 Å². The SMILES string of the molecule is CC(C)(C#N)CCCOc1ccc(Cl)nc1. The van der Waals surface area contributed by atoms with Crippen molar-refractivity contribution in [3.8, 4) is 11.8 Å². The summed E-state index contributed by atoms with van der Waals surface area (Å²) in [5.74, 6) is 0.708. The van der Waals surface area contributed by atoms with Gasteiger partial charge in [-0.3, -0.25) is 0 Å².